The maximum absolute atomic E-state index is 11.6. The van der Waals surface area contributed by atoms with E-state index in [1.54, 1.807) is 4.90 Å². The molecule has 0 bridgehead atoms. The average molecular weight is 217 g/mol. The molecular formula is C10H19NO2S. The van der Waals surface area contributed by atoms with Gasteiger partial charge in [-0.2, -0.15) is 12.6 Å². The van der Waals surface area contributed by atoms with Crippen LogP contribution in [0.4, 0.5) is 4.79 Å². The molecule has 3 nitrogen and oxygen atoms in total. The van der Waals surface area contributed by atoms with Crippen molar-refractivity contribution in [2.24, 2.45) is 0 Å². The maximum atomic E-state index is 11.6. The molecule has 1 rings (SSSR count). The minimum Gasteiger partial charge on any atom is -0.444 e. The van der Waals surface area contributed by atoms with Gasteiger partial charge in [-0.05, 0) is 33.6 Å². The Labute approximate surface area is 91.2 Å². The zero-order chi connectivity index (χ0) is 10.8. The third kappa shape index (κ3) is 3.78. The lowest BCUT2D eigenvalue weighted by atomic mass is 10.1. The summed E-state index contributed by atoms with van der Waals surface area (Å²) < 4.78 is 5.28. The van der Waals surface area contributed by atoms with Gasteiger partial charge in [0.05, 0.1) is 0 Å². The first kappa shape index (κ1) is 11.7. The van der Waals surface area contributed by atoms with Gasteiger partial charge in [-0.25, -0.2) is 4.79 Å². The third-order valence-electron chi connectivity index (χ3n) is 2.05. The van der Waals surface area contributed by atoms with Crippen LogP contribution in [0.2, 0.25) is 0 Å². The Bertz CT molecular complexity index is 213. The molecule has 0 aromatic heterocycles. The molecular weight excluding hydrogens is 198 g/mol. The summed E-state index contributed by atoms with van der Waals surface area (Å²) in [6, 6.07) is 0. The van der Waals surface area contributed by atoms with Crippen LogP contribution < -0.4 is 0 Å². The molecule has 14 heavy (non-hydrogen) atoms. The highest BCUT2D eigenvalue weighted by atomic mass is 32.1. The van der Waals surface area contributed by atoms with Gasteiger partial charge in [-0.3, -0.25) is 0 Å². The van der Waals surface area contributed by atoms with E-state index in [-0.39, 0.29) is 6.09 Å². The Morgan fingerprint density at radius 3 is 2.64 bits per heavy atom. The molecule has 1 heterocycles. The van der Waals surface area contributed by atoms with Crippen LogP contribution in [-0.4, -0.2) is 34.9 Å². The number of piperidine rings is 1. The molecule has 0 unspecified atom stereocenters. The average Bonchev–Trinajstić information content (AvgIpc) is 2.01. The van der Waals surface area contributed by atoms with Gasteiger partial charge in [0.25, 0.3) is 0 Å². The van der Waals surface area contributed by atoms with Gasteiger partial charge in [0.2, 0.25) is 0 Å². The summed E-state index contributed by atoms with van der Waals surface area (Å²) in [7, 11) is 0. The van der Waals surface area contributed by atoms with Crippen molar-refractivity contribution in [1.82, 2.24) is 4.90 Å². The number of thiol groups is 1. The molecule has 1 fully saturated rings. The van der Waals surface area contributed by atoms with E-state index in [2.05, 4.69) is 12.6 Å². The largest absolute Gasteiger partial charge is 0.444 e. The fourth-order valence-corrected chi connectivity index (χ4v) is 1.83. The maximum Gasteiger partial charge on any atom is 0.410 e. The van der Waals surface area contributed by atoms with Gasteiger partial charge in [0, 0.05) is 18.3 Å². The van der Waals surface area contributed by atoms with Gasteiger partial charge >= 0.3 is 6.09 Å². The normalized spacial score (nSPS) is 23.4. The number of rotatable bonds is 0. The Morgan fingerprint density at radius 1 is 1.50 bits per heavy atom. The first-order valence-corrected chi connectivity index (χ1v) is 5.56. The highest BCUT2D eigenvalue weighted by molar-refractivity contribution is 7.81. The van der Waals surface area contributed by atoms with Crippen LogP contribution in [0.1, 0.15) is 33.6 Å². The molecule has 1 amide bonds. The van der Waals surface area contributed by atoms with Crippen LogP contribution in [-0.2, 0) is 4.74 Å². The molecule has 4 heteroatoms. The van der Waals surface area contributed by atoms with E-state index in [0.717, 1.165) is 19.4 Å². The lowest BCUT2D eigenvalue weighted by Gasteiger charge is -2.32. The molecule has 0 aliphatic carbocycles. The van der Waals surface area contributed by atoms with Gasteiger partial charge in [-0.1, -0.05) is 0 Å². The van der Waals surface area contributed by atoms with E-state index in [9.17, 15) is 4.79 Å². The Hall–Kier alpha value is -0.380. The van der Waals surface area contributed by atoms with Crippen LogP contribution in [0.25, 0.3) is 0 Å². The fourth-order valence-electron chi connectivity index (χ4n) is 1.45. The zero-order valence-corrected chi connectivity index (χ0v) is 10.0. The van der Waals surface area contributed by atoms with Crippen LogP contribution in [0.5, 0.6) is 0 Å². The number of nitrogens with zero attached hydrogens (tertiary/aromatic N) is 1. The summed E-state index contributed by atoms with van der Waals surface area (Å²) in [5.74, 6) is 0. The molecule has 0 radical (unpaired) electrons. The second-order valence-corrected chi connectivity index (χ2v) is 5.45. The molecule has 1 aliphatic rings. The van der Waals surface area contributed by atoms with E-state index in [1.807, 2.05) is 20.8 Å². The van der Waals surface area contributed by atoms with Crippen molar-refractivity contribution in [2.75, 3.05) is 13.1 Å². The highest BCUT2D eigenvalue weighted by Crippen LogP contribution is 2.17. The monoisotopic (exact) mass is 217 g/mol. The van der Waals surface area contributed by atoms with E-state index >= 15 is 0 Å². The quantitative estimate of drug-likeness (QED) is 0.631. The van der Waals surface area contributed by atoms with Crippen molar-refractivity contribution >= 4 is 18.7 Å². The number of likely N-dealkylation sites (tertiary alicyclic amines) is 1. The molecule has 1 atom stereocenters. The van der Waals surface area contributed by atoms with Crippen molar-refractivity contribution in [3.63, 3.8) is 0 Å². The summed E-state index contributed by atoms with van der Waals surface area (Å²) in [4.78, 5) is 13.4. The van der Waals surface area contributed by atoms with Crippen LogP contribution in [0.3, 0.4) is 0 Å². The molecule has 0 aromatic carbocycles. The number of amides is 1. The second kappa shape index (κ2) is 4.43. The Morgan fingerprint density at radius 2 is 2.14 bits per heavy atom. The number of carbonyl (C=O) groups is 1. The lowest BCUT2D eigenvalue weighted by Crippen LogP contribution is -2.43. The smallest absolute Gasteiger partial charge is 0.410 e. The van der Waals surface area contributed by atoms with Gasteiger partial charge in [0.15, 0.2) is 0 Å². The molecule has 1 aliphatic heterocycles. The predicted molar refractivity (Wildman–Crippen MR) is 59.8 cm³/mol. The third-order valence-corrected chi connectivity index (χ3v) is 2.47. The highest BCUT2D eigenvalue weighted by Gasteiger charge is 2.25. The number of carbonyl (C=O) groups excluding carboxylic acids is 1. The first-order valence-electron chi connectivity index (χ1n) is 5.04. The van der Waals surface area contributed by atoms with Crippen molar-refractivity contribution < 1.29 is 9.53 Å². The van der Waals surface area contributed by atoms with E-state index in [1.165, 1.54) is 0 Å². The number of ether oxygens (including phenoxy) is 1. The standard InChI is InChI=1S/C10H19NO2S/c1-10(2,3)13-9(12)11-6-4-5-8(14)7-11/h8,14H,4-7H2,1-3H3/t8-/m1/s1. The van der Waals surface area contributed by atoms with E-state index in [4.69, 9.17) is 4.74 Å². The summed E-state index contributed by atoms with van der Waals surface area (Å²) in [5.41, 5.74) is -0.402. The number of hydrogen-bond acceptors (Lipinski definition) is 3. The number of hydrogen-bond donors (Lipinski definition) is 1. The van der Waals surface area contributed by atoms with E-state index < -0.39 is 5.60 Å². The summed E-state index contributed by atoms with van der Waals surface area (Å²) >= 11 is 4.38. The molecule has 0 aromatic rings. The minimum absolute atomic E-state index is 0.212. The predicted octanol–water partition coefficient (Wildman–Crippen LogP) is 2.32. The lowest BCUT2D eigenvalue weighted by molar-refractivity contribution is 0.0221. The summed E-state index contributed by atoms with van der Waals surface area (Å²) in [6.45, 7) is 7.15. The van der Waals surface area contributed by atoms with Crippen LogP contribution in [0, 0.1) is 0 Å². The molecule has 1 saturated heterocycles. The van der Waals surface area contributed by atoms with Gasteiger partial charge in [-0.15, -0.1) is 0 Å². The fraction of sp³-hybridized carbons (Fsp3) is 0.900. The molecule has 0 spiro atoms. The Balaban J connectivity index is 2.44. The van der Waals surface area contributed by atoms with Crippen molar-refractivity contribution in [2.45, 2.75) is 44.5 Å². The Kier molecular flexibility index (Phi) is 3.70. The topological polar surface area (TPSA) is 29.5 Å². The molecule has 0 saturated carbocycles. The van der Waals surface area contributed by atoms with Crippen molar-refractivity contribution in [3.05, 3.63) is 0 Å². The summed E-state index contributed by atoms with van der Waals surface area (Å²) in [6.07, 6.45) is 1.90. The van der Waals surface area contributed by atoms with Crippen molar-refractivity contribution in [1.29, 1.82) is 0 Å². The van der Waals surface area contributed by atoms with E-state index in [0.29, 0.717) is 11.8 Å². The minimum atomic E-state index is -0.402. The molecule has 0 N–H and O–H groups in total. The van der Waals surface area contributed by atoms with Crippen LogP contribution in [0.15, 0.2) is 0 Å². The van der Waals surface area contributed by atoms with Crippen molar-refractivity contribution in [3.8, 4) is 0 Å². The summed E-state index contributed by atoms with van der Waals surface area (Å²) in [5, 5.41) is 0.302. The molecule has 82 valence electrons. The van der Waals surface area contributed by atoms with Crippen LogP contribution >= 0.6 is 12.6 Å². The zero-order valence-electron chi connectivity index (χ0n) is 9.12. The van der Waals surface area contributed by atoms with Gasteiger partial charge < -0.3 is 9.64 Å². The second-order valence-electron chi connectivity index (χ2n) is 4.72. The SMILES string of the molecule is CC(C)(C)OC(=O)N1CCC[C@@H](S)C1. The van der Waals surface area contributed by atoms with Gasteiger partial charge in [0.1, 0.15) is 5.60 Å². The first-order chi connectivity index (χ1) is 6.38.